The number of unbranched alkanes of at least 4 members (excludes halogenated alkanes) is 1. The predicted molar refractivity (Wildman–Crippen MR) is 79.7 cm³/mol. The number of nitrogens with one attached hydrogen (secondary N) is 1. The Labute approximate surface area is 117 Å². The Bertz CT molecular complexity index is 368. The smallest absolute Gasteiger partial charge is 0.122 e. The van der Waals surface area contributed by atoms with Gasteiger partial charge in [-0.05, 0) is 51.3 Å². The molecule has 2 N–H and O–H groups in total. The molecule has 0 saturated carbocycles. The van der Waals surface area contributed by atoms with Crippen LogP contribution in [0.2, 0.25) is 0 Å². The van der Waals surface area contributed by atoms with Crippen molar-refractivity contribution in [2.45, 2.75) is 45.6 Å². The van der Waals surface area contributed by atoms with Crippen LogP contribution in [-0.2, 0) is 0 Å². The molecule has 1 aromatic rings. The van der Waals surface area contributed by atoms with Crippen molar-refractivity contribution < 1.29 is 9.84 Å². The van der Waals surface area contributed by atoms with E-state index in [1.807, 2.05) is 18.2 Å². The Balaban J connectivity index is 2.23. The second-order valence-electron chi connectivity index (χ2n) is 5.32. The Morgan fingerprint density at radius 2 is 2.00 bits per heavy atom. The molecular weight excluding hydrogens is 238 g/mol. The highest BCUT2D eigenvalue weighted by Gasteiger charge is 2.20. The van der Waals surface area contributed by atoms with Gasteiger partial charge in [0.1, 0.15) is 5.75 Å². The highest BCUT2D eigenvalue weighted by atomic mass is 16.5. The molecule has 0 spiro atoms. The maximum absolute atomic E-state index is 9.39. The van der Waals surface area contributed by atoms with Crippen LogP contribution in [0.4, 0.5) is 0 Å². The summed E-state index contributed by atoms with van der Waals surface area (Å²) in [5.41, 5.74) is 1.02. The van der Waals surface area contributed by atoms with Gasteiger partial charge in [-0.3, -0.25) is 0 Å². The third kappa shape index (κ3) is 5.62. The summed E-state index contributed by atoms with van der Waals surface area (Å²) in [4.78, 5) is 0. The Morgan fingerprint density at radius 3 is 2.63 bits per heavy atom. The quantitative estimate of drug-likeness (QED) is 0.675. The van der Waals surface area contributed by atoms with E-state index in [1.54, 1.807) is 0 Å². The first-order chi connectivity index (χ1) is 9.11. The van der Waals surface area contributed by atoms with E-state index in [4.69, 9.17) is 4.74 Å². The summed E-state index contributed by atoms with van der Waals surface area (Å²) in [5.74, 6) is 0.971. The lowest BCUT2D eigenvalue weighted by atomic mass is 9.96. The fourth-order valence-corrected chi connectivity index (χ4v) is 2.17. The van der Waals surface area contributed by atoms with Crippen LogP contribution in [0.5, 0.6) is 5.75 Å². The van der Waals surface area contributed by atoms with E-state index < -0.39 is 0 Å². The summed E-state index contributed by atoms with van der Waals surface area (Å²) in [7, 11) is 0. The molecule has 0 aliphatic heterocycles. The van der Waals surface area contributed by atoms with Gasteiger partial charge in [0.15, 0.2) is 0 Å². The van der Waals surface area contributed by atoms with Gasteiger partial charge in [0.2, 0.25) is 0 Å². The van der Waals surface area contributed by atoms with Crippen LogP contribution in [0.25, 0.3) is 0 Å². The number of aryl methyl sites for hydroxylation is 1. The predicted octanol–water partition coefficient (Wildman–Crippen LogP) is 2.90. The molecule has 3 nitrogen and oxygen atoms in total. The van der Waals surface area contributed by atoms with E-state index >= 15 is 0 Å². The van der Waals surface area contributed by atoms with Crippen molar-refractivity contribution in [3.8, 4) is 5.75 Å². The third-order valence-electron chi connectivity index (χ3n) is 3.43. The van der Waals surface area contributed by atoms with Gasteiger partial charge in [-0.2, -0.15) is 0 Å². The molecule has 1 unspecified atom stereocenters. The van der Waals surface area contributed by atoms with Gasteiger partial charge in [0.05, 0.1) is 13.2 Å². The molecule has 19 heavy (non-hydrogen) atoms. The lowest BCUT2D eigenvalue weighted by molar-refractivity contribution is 0.162. The minimum atomic E-state index is -0.155. The topological polar surface area (TPSA) is 41.5 Å². The first-order valence-electron chi connectivity index (χ1n) is 7.15. The summed E-state index contributed by atoms with van der Waals surface area (Å²) < 4.78 is 5.76. The fraction of sp³-hybridized carbons (Fsp3) is 0.625. The Hall–Kier alpha value is -1.06. The third-order valence-corrected chi connectivity index (χ3v) is 3.43. The summed E-state index contributed by atoms with van der Waals surface area (Å²) in [6, 6.07) is 8.08. The van der Waals surface area contributed by atoms with Gasteiger partial charge < -0.3 is 15.2 Å². The van der Waals surface area contributed by atoms with Gasteiger partial charge in [-0.1, -0.05) is 25.1 Å². The van der Waals surface area contributed by atoms with Gasteiger partial charge in [0, 0.05) is 5.54 Å². The largest absolute Gasteiger partial charge is 0.493 e. The molecule has 108 valence electrons. The molecule has 0 heterocycles. The van der Waals surface area contributed by atoms with Crippen LogP contribution in [-0.4, -0.2) is 30.4 Å². The normalized spacial score (nSPS) is 14.1. The van der Waals surface area contributed by atoms with Gasteiger partial charge >= 0.3 is 0 Å². The van der Waals surface area contributed by atoms with Gasteiger partial charge in [-0.15, -0.1) is 0 Å². The monoisotopic (exact) mass is 265 g/mol. The van der Waals surface area contributed by atoms with Crippen molar-refractivity contribution >= 4 is 0 Å². The molecule has 3 heteroatoms. The van der Waals surface area contributed by atoms with E-state index in [0.29, 0.717) is 0 Å². The van der Waals surface area contributed by atoms with E-state index in [-0.39, 0.29) is 12.1 Å². The summed E-state index contributed by atoms with van der Waals surface area (Å²) in [5, 5.41) is 12.7. The Kier molecular flexibility index (Phi) is 6.89. The number of para-hydroxylation sites is 1. The zero-order valence-corrected chi connectivity index (χ0v) is 12.4. The molecule has 1 aromatic carbocycles. The number of hydrogen-bond acceptors (Lipinski definition) is 3. The number of benzene rings is 1. The number of ether oxygens (including phenoxy) is 1. The standard InChI is InChI=1S/C16H27NO2/c1-4-17-16(3,13-18)11-7-8-12-19-15-10-6-5-9-14(15)2/h5-6,9-10,17-18H,4,7-8,11-13H2,1-3H3. The number of hydrogen-bond donors (Lipinski definition) is 2. The van der Waals surface area contributed by atoms with Gasteiger partial charge in [0.25, 0.3) is 0 Å². The fourth-order valence-electron chi connectivity index (χ4n) is 2.17. The average Bonchev–Trinajstić information content (AvgIpc) is 2.41. The van der Waals surface area contributed by atoms with E-state index in [9.17, 15) is 5.11 Å². The zero-order valence-electron chi connectivity index (χ0n) is 12.4. The molecule has 0 fully saturated rings. The maximum atomic E-state index is 9.39. The molecule has 0 saturated heterocycles. The number of aliphatic hydroxyl groups is 1. The number of rotatable bonds is 9. The zero-order chi connectivity index (χ0) is 14.1. The molecule has 0 bridgehead atoms. The number of aliphatic hydroxyl groups excluding tert-OH is 1. The van der Waals surface area contributed by atoms with Crippen molar-refractivity contribution in [1.82, 2.24) is 5.32 Å². The SMILES string of the molecule is CCNC(C)(CO)CCCCOc1ccccc1C. The molecule has 0 aromatic heterocycles. The van der Waals surface area contributed by atoms with Gasteiger partial charge in [-0.25, -0.2) is 0 Å². The molecule has 0 amide bonds. The molecule has 0 aliphatic carbocycles. The van der Waals surface area contributed by atoms with Crippen molar-refractivity contribution in [2.75, 3.05) is 19.8 Å². The van der Waals surface area contributed by atoms with E-state index in [0.717, 1.165) is 38.2 Å². The second kappa shape index (κ2) is 8.18. The molecule has 0 radical (unpaired) electrons. The van der Waals surface area contributed by atoms with Crippen LogP contribution in [0, 0.1) is 6.92 Å². The molecule has 1 rings (SSSR count). The highest BCUT2D eigenvalue weighted by Crippen LogP contribution is 2.17. The second-order valence-corrected chi connectivity index (χ2v) is 5.32. The summed E-state index contributed by atoms with van der Waals surface area (Å²) in [6.45, 7) is 7.99. The lowest BCUT2D eigenvalue weighted by Gasteiger charge is -2.28. The minimum Gasteiger partial charge on any atom is -0.493 e. The van der Waals surface area contributed by atoms with Crippen molar-refractivity contribution in [3.05, 3.63) is 29.8 Å². The van der Waals surface area contributed by atoms with Crippen LogP contribution >= 0.6 is 0 Å². The Morgan fingerprint density at radius 1 is 1.26 bits per heavy atom. The molecule has 1 atom stereocenters. The van der Waals surface area contributed by atoms with Crippen LogP contribution in [0.15, 0.2) is 24.3 Å². The highest BCUT2D eigenvalue weighted by molar-refractivity contribution is 5.31. The van der Waals surface area contributed by atoms with Crippen LogP contribution in [0.3, 0.4) is 0 Å². The molecule has 0 aliphatic rings. The van der Waals surface area contributed by atoms with Crippen molar-refractivity contribution in [2.24, 2.45) is 0 Å². The maximum Gasteiger partial charge on any atom is 0.122 e. The number of likely N-dealkylation sites (N-methyl/N-ethyl adjacent to an activating group) is 1. The lowest BCUT2D eigenvalue weighted by Crippen LogP contribution is -2.45. The molecular formula is C16H27NO2. The van der Waals surface area contributed by atoms with Crippen molar-refractivity contribution in [1.29, 1.82) is 0 Å². The van der Waals surface area contributed by atoms with E-state index in [1.165, 1.54) is 5.56 Å². The van der Waals surface area contributed by atoms with Crippen LogP contribution in [0.1, 0.15) is 38.7 Å². The average molecular weight is 265 g/mol. The van der Waals surface area contributed by atoms with E-state index in [2.05, 4.69) is 32.2 Å². The summed E-state index contributed by atoms with van der Waals surface area (Å²) in [6.07, 6.45) is 3.03. The minimum absolute atomic E-state index is 0.155. The summed E-state index contributed by atoms with van der Waals surface area (Å²) >= 11 is 0. The van der Waals surface area contributed by atoms with Crippen LogP contribution < -0.4 is 10.1 Å². The van der Waals surface area contributed by atoms with Crippen molar-refractivity contribution in [3.63, 3.8) is 0 Å². The first-order valence-corrected chi connectivity index (χ1v) is 7.15. The first kappa shape index (κ1) is 16.0.